The molecule has 1 heterocycles. The zero-order valence-electron chi connectivity index (χ0n) is 17.1. The zero-order valence-corrected chi connectivity index (χ0v) is 17.1. The Kier molecular flexibility index (Phi) is 9.59. The highest BCUT2D eigenvalue weighted by Gasteiger charge is 2.35. The summed E-state index contributed by atoms with van der Waals surface area (Å²) in [6.45, 7) is 14.1. The van der Waals surface area contributed by atoms with Crippen LogP contribution in [0.25, 0.3) is 0 Å². The molecule has 0 bridgehead atoms. The number of aromatic nitrogens is 1. The normalized spacial score (nSPS) is 13.5. The summed E-state index contributed by atoms with van der Waals surface area (Å²) < 4.78 is 16.7. The highest BCUT2D eigenvalue weighted by molar-refractivity contribution is 5.97. The Hall–Kier alpha value is -1.66. The van der Waals surface area contributed by atoms with Crippen LogP contribution in [0.15, 0.2) is 12.3 Å². The van der Waals surface area contributed by atoms with Gasteiger partial charge in [-0.3, -0.25) is 4.79 Å². The van der Waals surface area contributed by atoms with Crippen molar-refractivity contribution in [2.45, 2.75) is 60.0 Å². The summed E-state index contributed by atoms with van der Waals surface area (Å²) in [5.74, 6) is 0.754. The molecule has 0 aromatic carbocycles. The van der Waals surface area contributed by atoms with Gasteiger partial charge in [0.1, 0.15) is 12.2 Å². The van der Waals surface area contributed by atoms with E-state index in [1.807, 2.05) is 33.8 Å². The Labute approximate surface area is 157 Å². The number of hydrogen-bond acceptors (Lipinski definition) is 5. The Morgan fingerprint density at radius 3 is 2.58 bits per heavy atom. The summed E-state index contributed by atoms with van der Waals surface area (Å²) in [4.78, 5) is 17.1. The SMILES string of the molecule is CCCO[C@](C)(CC(C)C)C(=O)Nc1cnc(OCCOCC)c(C)c1. The average Bonchev–Trinajstić information content (AvgIpc) is 2.58. The number of pyridine rings is 1. The predicted molar refractivity (Wildman–Crippen MR) is 104 cm³/mol. The van der Waals surface area contributed by atoms with Crippen LogP contribution in [-0.4, -0.2) is 42.9 Å². The molecule has 1 aromatic rings. The molecule has 1 rings (SSSR count). The minimum absolute atomic E-state index is 0.147. The standard InChI is InChI=1S/C20H34N2O4/c1-7-9-26-20(6,13-15(3)4)19(23)22-17-12-16(5)18(21-14-17)25-11-10-24-8-2/h12,14-15H,7-11,13H2,1-6H3,(H,22,23)/t20-/m1/s1. The van der Waals surface area contributed by atoms with Crippen molar-refractivity contribution in [3.8, 4) is 5.88 Å². The van der Waals surface area contributed by atoms with E-state index in [-0.39, 0.29) is 5.91 Å². The first-order chi connectivity index (χ1) is 12.3. The van der Waals surface area contributed by atoms with Gasteiger partial charge in [0, 0.05) is 18.8 Å². The van der Waals surface area contributed by atoms with Gasteiger partial charge < -0.3 is 19.5 Å². The molecule has 0 aliphatic carbocycles. The van der Waals surface area contributed by atoms with Crippen molar-refractivity contribution in [3.05, 3.63) is 17.8 Å². The van der Waals surface area contributed by atoms with E-state index in [0.29, 0.717) is 50.3 Å². The first-order valence-corrected chi connectivity index (χ1v) is 9.45. The minimum Gasteiger partial charge on any atom is -0.475 e. The van der Waals surface area contributed by atoms with Gasteiger partial charge in [0.2, 0.25) is 5.88 Å². The van der Waals surface area contributed by atoms with Gasteiger partial charge in [-0.15, -0.1) is 0 Å². The highest BCUT2D eigenvalue weighted by Crippen LogP contribution is 2.25. The number of nitrogens with one attached hydrogen (secondary N) is 1. The van der Waals surface area contributed by atoms with Gasteiger partial charge in [-0.1, -0.05) is 20.8 Å². The van der Waals surface area contributed by atoms with E-state index in [1.165, 1.54) is 0 Å². The molecule has 1 amide bonds. The van der Waals surface area contributed by atoms with Gasteiger partial charge in [0.25, 0.3) is 5.91 Å². The van der Waals surface area contributed by atoms with Crippen LogP contribution in [0, 0.1) is 12.8 Å². The number of rotatable bonds is 12. The average molecular weight is 367 g/mol. The van der Waals surface area contributed by atoms with Crippen molar-refractivity contribution in [2.24, 2.45) is 5.92 Å². The molecule has 6 heteroatoms. The number of ether oxygens (including phenoxy) is 3. The van der Waals surface area contributed by atoms with E-state index in [0.717, 1.165) is 12.0 Å². The van der Waals surface area contributed by atoms with Gasteiger partial charge in [-0.05, 0) is 45.6 Å². The Morgan fingerprint density at radius 2 is 2.00 bits per heavy atom. The summed E-state index contributed by atoms with van der Waals surface area (Å²) in [6, 6.07) is 1.86. The van der Waals surface area contributed by atoms with Crippen molar-refractivity contribution >= 4 is 11.6 Å². The molecule has 1 N–H and O–H groups in total. The molecule has 0 fully saturated rings. The molecule has 0 aliphatic heterocycles. The topological polar surface area (TPSA) is 69.7 Å². The van der Waals surface area contributed by atoms with Crippen molar-refractivity contribution in [1.29, 1.82) is 0 Å². The summed E-state index contributed by atoms with van der Waals surface area (Å²) in [5, 5.41) is 2.93. The molecule has 0 aliphatic rings. The fourth-order valence-electron chi connectivity index (χ4n) is 2.71. The monoisotopic (exact) mass is 366 g/mol. The minimum atomic E-state index is -0.856. The van der Waals surface area contributed by atoms with Crippen LogP contribution >= 0.6 is 0 Å². The smallest absolute Gasteiger partial charge is 0.256 e. The van der Waals surface area contributed by atoms with Crippen molar-refractivity contribution in [3.63, 3.8) is 0 Å². The van der Waals surface area contributed by atoms with Crippen molar-refractivity contribution < 1.29 is 19.0 Å². The van der Waals surface area contributed by atoms with Gasteiger partial charge in [-0.25, -0.2) is 4.98 Å². The zero-order chi connectivity index (χ0) is 19.6. The van der Waals surface area contributed by atoms with E-state index < -0.39 is 5.60 Å². The lowest BCUT2D eigenvalue weighted by molar-refractivity contribution is -0.141. The molecule has 1 atom stereocenters. The Morgan fingerprint density at radius 1 is 1.27 bits per heavy atom. The van der Waals surface area contributed by atoms with Crippen molar-refractivity contribution in [2.75, 3.05) is 31.7 Å². The van der Waals surface area contributed by atoms with Crippen LogP contribution in [-0.2, 0) is 14.3 Å². The molecular weight excluding hydrogens is 332 g/mol. The second-order valence-electron chi connectivity index (χ2n) is 7.02. The van der Waals surface area contributed by atoms with Gasteiger partial charge in [-0.2, -0.15) is 0 Å². The number of anilines is 1. The van der Waals surface area contributed by atoms with Gasteiger partial charge in [0.15, 0.2) is 0 Å². The Bertz CT molecular complexity index is 563. The summed E-state index contributed by atoms with van der Waals surface area (Å²) in [6.07, 6.45) is 3.13. The molecule has 1 aromatic heterocycles. The van der Waals surface area contributed by atoms with E-state index in [2.05, 4.69) is 24.1 Å². The maximum Gasteiger partial charge on any atom is 0.256 e. The fraction of sp³-hybridized carbons (Fsp3) is 0.700. The lowest BCUT2D eigenvalue weighted by Gasteiger charge is -2.30. The van der Waals surface area contributed by atoms with E-state index in [4.69, 9.17) is 14.2 Å². The van der Waals surface area contributed by atoms with E-state index >= 15 is 0 Å². The lowest BCUT2D eigenvalue weighted by Crippen LogP contribution is -2.44. The maximum absolute atomic E-state index is 12.8. The van der Waals surface area contributed by atoms with Crippen molar-refractivity contribution in [1.82, 2.24) is 4.98 Å². The predicted octanol–water partition coefficient (Wildman–Crippen LogP) is 3.98. The van der Waals surface area contributed by atoms with Crippen LogP contribution in [0.2, 0.25) is 0 Å². The van der Waals surface area contributed by atoms with Crippen LogP contribution in [0.1, 0.15) is 53.0 Å². The summed E-state index contributed by atoms with van der Waals surface area (Å²) >= 11 is 0. The molecule has 26 heavy (non-hydrogen) atoms. The van der Waals surface area contributed by atoms with Crippen LogP contribution in [0.5, 0.6) is 5.88 Å². The lowest BCUT2D eigenvalue weighted by atomic mass is 9.93. The number of hydrogen-bond donors (Lipinski definition) is 1. The first kappa shape index (κ1) is 22.4. The molecule has 0 unspecified atom stereocenters. The van der Waals surface area contributed by atoms with Gasteiger partial charge in [0.05, 0.1) is 18.5 Å². The van der Waals surface area contributed by atoms with Crippen LogP contribution in [0.3, 0.4) is 0 Å². The molecule has 6 nitrogen and oxygen atoms in total. The molecule has 0 radical (unpaired) electrons. The number of amides is 1. The third-order valence-electron chi connectivity index (χ3n) is 3.86. The summed E-state index contributed by atoms with van der Waals surface area (Å²) in [7, 11) is 0. The second kappa shape index (κ2) is 11.1. The van der Waals surface area contributed by atoms with Crippen LogP contribution < -0.4 is 10.1 Å². The number of carbonyl (C=O) groups excluding carboxylic acids is 1. The maximum atomic E-state index is 12.8. The third kappa shape index (κ3) is 7.30. The molecule has 0 saturated carbocycles. The van der Waals surface area contributed by atoms with Gasteiger partial charge >= 0.3 is 0 Å². The highest BCUT2D eigenvalue weighted by atomic mass is 16.5. The first-order valence-electron chi connectivity index (χ1n) is 9.45. The summed E-state index contributed by atoms with van der Waals surface area (Å²) in [5.41, 5.74) is 0.643. The Balaban J connectivity index is 2.75. The molecule has 0 saturated heterocycles. The molecule has 0 spiro atoms. The molecular formula is C20H34N2O4. The third-order valence-corrected chi connectivity index (χ3v) is 3.86. The van der Waals surface area contributed by atoms with E-state index in [9.17, 15) is 4.79 Å². The fourth-order valence-corrected chi connectivity index (χ4v) is 2.71. The van der Waals surface area contributed by atoms with E-state index in [1.54, 1.807) is 6.20 Å². The second-order valence-corrected chi connectivity index (χ2v) is 7.02. The quantitative estimate of drug-likeness (QED) is 0.567. The van der Waals surface area contributed by atoms with Crippen LogP contribution in [0.4, 0.5) is 5.69 Å². The number of aryl methyl sites for hydroxylation is 1. The number of nitrogens with zero attached hydrogens (tertiary/aromatic N) is 1. The largest absolute Gasteiger partial charge is 0.475 e. The molecule has 148 valence electrons. The number of carbonyl (C=O) groups is 1.